The molecule has 0 aromatic heterocycles. The van der Waals surface area contributed by atoms with Gasteiger partial charge >= 0.3 is 5.97 Å². The van der Waals surface area contributed by atoms with Crippen LogP contribution in [-0.2, 0) is 9.84 Å². The molecule has 1 N–H and O–H groups in total. The van der Waals surface area contributed by atoms with Gasteiger partial charge in [-0.1, -0.05) is 30.3 Å². The normalized spacial score (nSPS) is 12.6. The third-order valence-electron chi connectivity index (χ3n) is 3.18. The van der Waals surface area contributed by atoms with Crippen LogP contribution in [-0.4, -0.2) is 24.2 Å². The number of rotatable bonds is 2. The molecule has 2 rings (SSSR count). The summed E-state index contributed by atoms with van der Waals surface area (Å²) in [4.78, 5) is 11.3. The SMILES string of the molecule is CC(C)(C)S(=O)(=O)c1c(C(=O)O)ccc2ccccc12. The Morgan fingerprint density at radius 2 is 1.65 bits per heavy atom. The number of hydrogen-bond donors (Lipinski definition) is 1. The summed E-state index contributed by atoms with van der Waals surface area (Å²) in [5.74, 6) is -1.24. The molecule has 0 atom stereocenters. The third kappa shape index (κ3) is 2.18. The van der Waals surface area contributed by atoms with E-state index in [1.54, 1.807) is 51.1 Å². The molecule has 0 heterocycles. The zero-order valence-corrected chi connectivity index (χ0v) is 12.4. The van der Waals surface area contributed by atoms with Gasteiger partial charge in [0.1, 0.15) is 0 Å². The van der Waals surface area contributed by atoms with Crippen molar-refractivity contribution in [3.8, 4) is 0 Å². The highest BCUT2D eigenvalue weighted by atomic mass is 32.2. The number of fused-ring (bicyclic) bond motifs is 1. The van der Waals surface area contributed by atoms with E-state index in [-0.39, 0.29) is 10.5 Å². The number of carbonyl (C=O) groups is 1. The zero-order chi connectivity index (χ0) is 15.1. The molecule has 0 bridgehead atoms. The standard InChI is InChI=1S/C15H16O4S/c1-15(2,3)20(18,19)13-11-7-5-4-6-10(11)8-9-12(13)14(16)17/h4-9H,1-3H3,(H,16,17). The molecule has 0 saturated heterocycles. The molecule has 0 aliphatic carbocycles. The van der Waals surface area contributed by atoms with Crippen molar-refractivity contribution >= 4 is 26.6 Å². The predicted molar refractivity (Wildman–Crippen MR) is 77.8 cm³/mol. The lowest BCUT2D eigenvalue weighted by molar-refractivity contribution is 0.0693. The van der Waals surface area contributed by atoms with Crippen LogP contribution < -0.4 is 0 Å². The summed E-state index contributed by atoms with van der Waals surface area (Å²) in [6.07, 6.45) is 0. The highest BCUT2D eigenvalue weighted by molar-refractivity contribution is 7.93. The third-order valence-corrected chi connectivity index (χ3v) is 5.77. The average molecular weight is 292 g/mol. The van der Waals surface area contributed by atoms with Crippen LogP contribution in [0.15, 0.2) is 41.3 Å². The van der Waals surface area contributed by atoms with Gasteiger partial charge in [-0.25, -0.2) is 13.2 Å². The van der Waals surface area contributed by atoms with Crippen LogP contribution in [0.25, 0.3) is 10.8 Å². The van der Waals surface area contributed by atoms with Crippen molar-refractivity contribution in [3.05, 3.63) is 42.0 Å². The fraction of sp³-hybridized carbons (Fsp3) is 0.267. The van der Waals surface area contributed by atoms with E-state index < -0.39 is 20.6 Å². The molecule has 0 unspecified atom stereocenters. The summed E-state index contributed by atoms with van der Waals surface area (Å²) in [5, 5.41) is 10.4. The summed E-state index contributed by atoms with van der Waals surface area (Å²) in [7, 11) is -3.76. The zero-order valence-electron chi connectivity index (χ0n) is 11.5. The Labute approximate surface area is 118 Å². The highest BCUT2D eigenvalue weighted by Gasteiger charge is 2.35. The lowest BCUT2D eigenvalue weighted by Crippen LogP contribution is -2.29. The second-order valence-electron chi connectivity index (χ2n) is 5.58. The number of aromatic carboxylic acids is 1. The Hall–Kier alpha value is -1.88. The van der Waals surface area contributed by atoms with Crippen molar-refractivity contribution in [2.45, 2.75) is 30.4 Å². The average Bonchev–Trinajstić information content (AvgIpc) is 2.35. The molecule has 0 amide bonds. The van der Waals surface area contributed by atoms with Gasteiger partial charge in [0, 0.05) is 5.39 Å². The Morgan fingerprint density at radius 1 is 1.05 bits per heavy atom. The van der Waals surface area contributed by atoms with Gasteiger partial charge in [-0.3, -0.25) is 0 Å². The second-order valence-corrected chi connectivity index (χ2v) is 8.22. The number of sulfone groups is 1. The van der Waals surface area contributed by atoms with E-state index in [0.29, 0.717) is 10.8 Å². The molecule has 106 valence electrons. The van der Waals surface area contributed by atoms with E-state index in [1.807, 2.05) is 0 Å². The van der Waals surface area contributed by atoms with Crippen LogP contribution in [0.4, 0.5) is 0 Å². The van der Waals surface area contributed by atoms with Gasteiger partial charge in [0.15, 0.2) is 9.84 Å². The Morgan fingerprint density at radius 3 is 2.20 bits per heavy atom. The molecule has 4 nitrogen and oxygen atoms in total. The summed E-state index contributed by atoms with van der Waals surface area (Å²) in [6.45, 7) is 4.70. The predicted octanol–water partition coefficient (Wildman–Crippen LogP) is 3.11. The largest absolute Gasteiger partial charge is 0.478 e. The van der Waals surface area contributed by atoms with Gasteiger partial charge in [-0.15, -0.1) is 0 Å². The second kappa shape index (κ2) is 4.59. The molecule has 2 aromatic rings. The van der Waals surface area contributed by atoms with Gasteiger partial charge in [0.05, 0.1) is 15.2 Å². The van der Waals surface area contributed by atoms with E-state index in [4.69, 9.17) is 0 Å². The minimum Gasteiger partial charge on any atom is -0.478 e. The molecular formula is C15H16O4S. The monoisotopic (exact) mass is 292 g/mol. The summed E-state index contributed by atoms with van der Waals surface area (Å²) in [5.41, 5.74) is -0.182. The van der Waals surface area contributed by atoms with Gasteiger partial charge in [-0.05, 0) is 32.2 Å². The van der Waals surface area contributed by atoms with Crippen molar-refractivity contribution in [2.24, 2.45) is 0 Å². The van der Waals surface area contributed by atoms with Crippen molar-refractivity contribution < 1.29 is 18.3 Å². The van der Waals surface area contributed by atoms with Gasteiger partial charge < -0.3 is 5.11 Å². The van der Waals surface area contributed by atoms with Crippen molar-refractivity contribution in [2.75, 3.05) is 0 Å². The summed E-state index contributed by atoms with van der Waals surface area (Å²) < 4.78 is 24.4. The first kappa shape index (κ1) is 14.5. The number of carboxylic acids is 1. The first-order valence-electron chi connectivity index (χ1n) is 6.16. The van der Waals surface area contributed by atoms with E-state index >= 15 is 0 Å². The van der Waals surface area contributed by atoms with Gasteiger partial charge in [0.2, 0.25) is 0 Å². The van der Waals surface area contributed by atoms with Crippen LogP contribution in [0.3, 0.4) is 0 Å². The molecule has 5 heteroatoms. The van der Waals surface area contributed by atoms with E-state index in [2.05, 4.69) is 0 Å². The quantitative estimate of drug-likeness (QED) is 0.923. The lowest BCUT2D eigenvalue weighted by atomic mass is 10.1. The van der Waals surface area contributed by atoms with Crippen LogP contribution in [0.2, 0.25) is 0 Å². The number of benzene rings is 2. The summed E-state index contributed by atoms with van der Waals surface area (Å²) >= 11 is 0. The maximum absolute atomic E-state index is 12.7. The molecule has 0 aliphatic rings. The van der Waals surface area contributed by atoms with Crippen molar-refractivity contribution in [1.82, 2.24) is 0 Å². The lowest BCUT2D eigenvalue weighted by Gasteiger charge is -2.22. The minimum absolute atomic E-state index is 0.101. The number of carboxylic acid groups (broad SMARTS) is 1. The van der Waals surface area contributed by atoms with Gasteiger partial charge in [0.25, 0.3) is 0 Å². The summed E-state index contributed by atoms with van der Waals surface area (Å²) in [6, 6.07) is 9.87. The Balaban J connectivity index is 2.99. The Bertz CT molecular complexity index is 783. The minimum atomic E-state index is -3.76. The Kier molecular flexibility index (Phi) is 3.34. The molecule has 0 aliphatic heterocycles. The fourth-order valence-electron chi connectivity index (χ4n) is 2.01. The highest BCUT2D eigenvalue weighted by Crippen LogP contribution is 2.33. The maximum Gasteiger partial charge on any atom is 0.337 e. The van der Waals surface area contributed by atoms with Crippen molar-refractivity contribution in [1.29, 1.82) is 0 Å². The smallest absolute Gasteiger partial charge is 0.337 e. The fourth-order valence-corrected chi connectivity index (χ4v) is 3.54. The van der Waals surface area contributed by atoms with E-state index in [9.17, 15) is 18.3 Å². The molecule has 20 heavy (non-hydrogen) atoms. The topological polar surface area (TPSA) is 71.4 Å². The van der Waals surface area contributed by atoms with E-state index in [1.165, 1.54) is 6.07 Å². The maximum atomic E-state index is 12.7. The van der Waals surface area contributed by atoms with Crippen LogP contribution in [0.1, 0.15) is 31.1 Å². The number of hydrogen-bond acceptors (Lipinski definition) is 3. The molecular weight excluding hydrogens is 276 g/mol. The molecule has 0 spiro atoms. The first-order chi connectivity index (χ1) is 9.16. The van der Waals surface area contributed by atoms with Crippen LogP contribution in [0, 0.1) is 0 Å². The molecule has 0 radical (unpaired) electrons. The van der Waals surface area contributed by atoms with Crippen molar-refractivity contribution in [3.63, 3.8) is 0 Å². The first-order valence-corrected chi connectivity index (χ1v) is 7.64. The molecule has 2 aromatic carbocycles. The van der Waals surface area contributed by atoms with E-state index in [0.717, 1.165) is 0 Å². The molecule has 0 fully saturated rings. The van der Waals surface area contributed by atoms with Gasteiger partial charge in [-0.2, -0.15) is 0 Å². The molecule has 0 saturated carbocycles. The van der Waals surface area contributed by atoms with Crippen LogP contribution >= 0.6 is 0 Å². The van der Waals surface area contributed by atoms with Crippen LogP contribution in [0.5, 0.6) is 0 Å².